The number of primary amides is 1. The summed E-state index contributed by atoms with van der Waals surface area (Å²) in [6.45, 7) is 9.00. The van der Waals surface area contributed by atoms with Crippen molar-refractivity contribution in [1.82, 2.24) is 9.80 Å². The van der Waals surface area contributed by atoms with E-state index in [0.717, 1.165) is 32.1 Å². The highest BCUT2D eigenvalue weighted by molar-refractivity contribution is 6.00. The fourth-order valence-electron chi connectivity index (χ4n) is 6.66. The second-order valence-corrected chi connectivity index (χ2v) is 11.0. The van der Waals surface area contributed by atoms with Gasteiger partial charge in [0.1, 0.15) is 5.75 Å². The fourth-order valence-corrected chi connectivity index (χ4v) is 6.66. The van der Waals surface area contributed by atoms with Crippen LogP contribution < -0.4 is 5.73 Å². The van der Waals surface area contributed by atoms with Gasteiger partial charge < -0.3 is 15.7 Å². The zero-order chi connectivity index (χ0) is 23.9. The minimum Gasteiger partial charge on any atom is -0.508 e. The minimum absolute atomic E-state index is 0.0451. The van der Waals surface area contributed by atoms with Crippen LogP contribution in [0.25, 0.3) is 0 Å². The van der Waals surface area contributed by atoms with Gasteiger partial charge in [-0.2, -0.15) is 0 Å². The van der Waals surface area contributed by atoms with Gasteiger partial charge in [-0.25, -0.2) is 0 Å². The summed E-state index contributed by atoms with van der Waals surface area (Å²) in [7, 11) is 4.20. The van der Waals surface area contributed by atoms with Crippen LogP contribution in [0.5, 0.6) is 5.75 Å². The van der Waals surface area contributed by atoms with Crippen molar-refractivity contribution in [2.75, 3.05) is 20.6 Å². The van der Waals surface area contributed by atoms with Crippen molar-refractivity contribution in [3.63, 3.8) is 0 Å². The van der Waals surface area contributed by atoms with Crippen molar-refractivity contribution in [3.05, 3.63) is 29.3 Å². The van der Waals surface area contributed by atoms with Gasteiger partial charge in [0.05, 0.1) is 11.1 Å². The molecule has 32 heavy (non-hydrogen) atoms. The first-order valence-electron chi connectivity index (χ1n) is 12.1. The molecule has 3 N–H and O–H groups in total. The van der Waals surface area contributed by atoms with Crippen molar-refractivity contribution in [1.29, 1.82) is 0 Å². The van der Waals surface area contributed by atoms with Crippen molar-refractivity contribution < 1.29 is 14.7 Å². The number of phenolic OH excluding ortho intramolecular Hbond substituents is 1. The van der Waals surface area contributed by atoms with E-state index in [-0.39, 0.29) is 17.3 Å². The number of likely N-dealkylation sites (tertiary alicyclic amines) is 1. The largest absolute Gasteiger partial charge is 0.508 e. The Labute approximate surface area is 193 Å². The first-order chi connectivity index (χ1) is 14.9. The molecule has 2 amide bonds. The number of amides is 2. The normalized spacial score (nSPS) is 29.0. The van der Waals surface area contributed by atoms with Gasteiger partial charge in [0.2, 0.25) is 11.8 Å². The monoisotopic (exact) mass is 443 g/mol. The number of hydrogen-bond acceptors (Lipinski definition) is 4. The SMILES string of the molecule is CCCC1CCCCC1(N(C)C)N1CCC(c2cc(O)ccc2C(N)=O)(C(C)(C)C)C1=O. The van der Waals surface area contributed by atoms with E-state index in [1.807, 2.05) is 0 Å². The fraction of sp³-hybridized carbons (Fsp3) is 0.692. The number of benzene rings is 1. The molecule has 0 spiro atoms. The molecule has 178 valence electrons. The third kappa shape index (κ3) is 3.60. The molecule has 3 unspecified atom stereocenters. The maximum Gasteiger partial charge on any atom is 0.249 e. The summed E-state index contributed by atoms with van der Waals surface area (Å²) in [4.78, 5) is 31.3. The van der Waals surface area contributed by atoms with Crippen LogP contribution in [0.15, 0.2) is 18.2 Å². The molecule has 3 atom stereocenters. The summed E-state index contributed by atoms with van der Waals surface area (Å²) in [6, 6.07) is 4.61. The first kappa shape index (κ1) is 24.6. The molecule has 2 fully saturated rings. The lowest BCUT2D eigenvalue weighted by molar-refractivity contribution is -0.158. The van der Waals surface area contributed by atoms with Gasteiger partial charge in [-0.3, -0.25) is 14.5 Å². The number of nitrogens with zero attached hydrogens (tertiary/aromatic N) is 2. The minimum atomic E-state index is -0.937. The molecular formula is C26H41N3O3. The molecule has 0 aromatic heterocycles. The molecule has 1 aromatic carbocycles. The van der Waals surface area contributed by atoms with Gasteiger partial charge in [0.25, 0.3) is 0 Å². The van der Waals surface area contributed by atoms with Gasteiger partial charge in [0.15, 0.2) is 0 Å². The maximum absolute atomic E-state index is 14.6. The number of carbonyl (C=O) groups is 2. The standard InChI is InChI=1S/C26H41N3O3/c1-7-10-18-11-8-9-14-26(18,28(5)6)29-16-15-25(23(29)32,24(2,3)4)21-17-19(30)12-13-20(21)22(27)31/h12-13,17-18,30H,7-11,14-16H2,1-6H3,(H2,27,31). The molecule has 1 saturated heterocycles. The highest BCUT2D eigenvalue weighted by atomic mass is 16.3. The Morgan fingerprint density at radius 3 is 2.50 bits per heavy atom. The highest BCUT2D eigenvalue weighted by Gasteiger charge is 2.62. The Bertz CT molecular complexity index is 874. The van der Waals surface area contributed by atoms with E-state index in [4.69, 9.17) is 5.73 Å². The number of aromatic hydroxyl groups is 1. The summed E-state index contributed by atoms with van der Waals surface area (Å²) in [5, 5.41) is 10.3. The van der Waals surface area contributed by atoms with Crippen LogP contribution in [0.2, 0.25) is 0 Å². The van der Waals surface area contributed by atoms with Gasteiger partial charge >= 0.3 is 0 Å². The molecule has 0 bridgehead atoms. The predicted octanol–water partition coefficient (Wildman–Crippen LogP) is 4.26. The number of hydrogen-bond donors (Lipinski definition) is 2. The third-order valence-corrected chi connectivity index (χ3v) is 8.21. The van der Waals surface area contributed by atoms with Crippen LogP contribution in [0.3, 0.4) is 0 Å². The Kier molecular flexibility index (Phi) is 6.67. The lowest BCUT2D eigenvalue weighted by atomic mass is 9.60. The van der Waals surface area contributed by atoms with Crippen LogP contribution in [-0.2, 0) is 10.2 Å². The molecule has 1 aromatic rings. The molecule has 1 aliphatic heterocycles. The quantitative estimate of drug-likeness (QED) is 0.688. The van der Waals surface area contributed by atoms with E-state index in [1.54, 1.807) is 12.1 Å². The Morgan fingerprint density at radius 2 is 1.94 bits per heavy atom. The summed E-state index contributed by atoms with van der Waals surface area (Å²) in [6.07, 6.45) is 7.15. The van der Waals surface area contributed by atoms with Crippen molar-refractivity contribution in [2.24, 2.45) is 17.1 Å². The van der Waals surface area contributed by atoms with Crippen LogP contribution in [0.1, 0.15) is 88.6 Å². The molecule has 6 heteroatoms. The molecule has 6 nitrogen and oxygen atoms in total. The van der Waals surface area contributed by atoms with Gasteiger partial charge in [-0.15, -0.1) is 0 Å². The Balaban J connectivity index is 2.21. The van der Waals surface area contributed by atoms with Gasteiger partial charge in [-0.1, -0.05) is 40.5 Å². The maximum atomic E-state index is 14.6. The predicted molar refractivity (Wildman–Crippen MR) is 127 cm³/mol. The lowest BCUT2D eigenvalue weighted by Gasteiger charge is -2.55. The summed E-state index contributed by atoms with van der Waals surface area (Å²) >= 11 is 0. The van der Waals surface area contributed by atoms with E-state index in [9.17, 15) is 14.7 Å². The lowest BCUT2D eigenvalue weighted by Crippen LogP contribution is -2.65. The number of phenols is 1. The van der Waals surface area contributed by atoms with E-state index >= 15 is 0 Å². The van der Waals surface area contributed by atoms with E-state index < -0.39 is 16.7 Å². The van der Waals surface area contributed by atoms with Crippen LogP contribution in [-0.4, -0.2) is 53.0 Å². The molecule has 1 aliphatic carbocycles. The average molecular weight is 444 g/mol. The number of carbonyl (C=O) groups excluding carboxylic acids is 2. The molecule has 1 heterocycles. The van der Waals surface area contributed by atoms with Gasteiger partial charge in [-0.05, 0) is 81.3 Å². The highest BCUT2D eigenvalue weighted by Crippen LogP contribution is 2.54. The molecular weight excluding hydrogens is 402 g/mol. The van der Waals surface area contributed by atoms with Crippen LogP contribution >= 0.6 is 0 Å². The molecule has 0 radical (unpaired) electrons. The number of rotatable bonds is 6. The van der Waals surface area contributed by atoms with E-state index in [0.29, 0.717) is 30.0 Å². The first-order valence-corrected chi connectivity index (χ1v) is 12.1. The summed E-state index contributed by atoms with van der Waals surface area (Å²) < 4.78 is 0. The Hall–Kier alpha value is -2.08. The average Bonchev–Trinajstić information content (AvgIpc) is 3.06. The van der Waals surface area contributed by atoms with Crippen molar-refractivity contribution >= 4 is 11.8 Å². The molecule has 1 saturated carbocycles. The van der Waals surface area contributed by atoms with Crippen molar-refractivity contribution in [2.45, 2.75) is 83.7 Å². The van der Waals surface area contributed by atoms with Crippen molar-refractivity contribution in [3.8, 4) is 5.75 Å². The smallest absolute Gasteiger partial charge is 0.249 e. The molecule has 2 aliphatic rings. The summed E-state index contributed by atoms with van der Waals surface area (Å²) in [5.41, 5.74) is 4.88. The zero-order valence-electron chi connectivity index (χ0n) is 20.7. The Morgan fingerprint density at radius 1 is 1.25 bits per heavy atom. The van der Waals surface area contributed by atoms with Crippen LogP contribution in [0, 0.1) is 11.3 Å². The third-order valence-electron chi connectivity index (χ3n) is 8.21. The topological polar surface area (TPSA) is 86.9 Å². The second kappa shape index (κ2) is 8.69. The van der Waals surface area contributed by atoms with E-state index in [2.05, 4.69) is 51.6 Å². The molecule has 3 rings (SSSR count). The number of nitrogens with two attached hydrogens (primary N) is 1. The van der Waals surface area contributed by atoms with Gasteiger partial charge in [0, 0.05) is 12.1 Å². The van der Waals surface area contributed by atoms with Crippen LogP contribution in [0.4, 0.5) is 0 Å². The summed E-state index contributed by atoms with van der Waals surface area (Å²) in [5.74, 6) is -0.0620. The zero-order valence-corrected chi connectivity index (χ0v) is 20.7. The van der Waals surface area contributed by atoms with E-state index in [1.165, 1.54) is 12.5 Å². The second-order valence-electron chi connectivity index (χ2n) is 11.0.